The van der Waals surface area contributed by atoms with E-state index in [1.165, 1.54) is 24.3 Å². The Morgan fingerprint density at radius 1 is 0.950 bits per heavy atom. The van der Waals surface area contributed by atoms with E-state index >= 15 is 0 Å². The molecule has 0 aliphatic rings. The van der Waals surface area contributed by atoms with Gasteiger partial charge >= 0.3 is 0 Å². The van der Waals surface area contributed by atoms with Gasteiger partial charge in [0.25, 0.3) is 15.8 Å². The molecule has 0 heterocycles. The van der Waals surface area contributed by atoms with Crippen LogP contribution in [0, 0.1) is 0 Å². The van der Waals surface area contributed by atoms with Gasteiger partial charge in [0, 0.05) is 4.90 Å². The molecule has 2 aromatic carbocycles. The van der Waals surface area contributed by atoms with Crippen molar-refractivity contribution in [1.82, 2.24) is 0 Å². The summed E-state index contributed by atoms with van der Waals surface area (Å²) in [5.41, 5.74) is 0.140. The molecule has 0 aromatic heterocycles. The molecular formula is C13H11F2NO2S2. The highest BCUT2D eigenvalue weighted by Gasteiger charge is 2.17. The van der Waals surface area contributed by atoms with Crippen LogP contribution in [-0.4, -0.2) is 14.2 Å². The molecule has 0 unspecified atom stereocenters. The highest BCUT2D eigenvalue weighted by molar-refractivity contribution is 7.99. The number of halogens is 2. The minimum Gasteiger partial charge on any atom is -0.278 e. The highest BCUT2D eigenvalue weighted by Crippen LogP contribution is 2.32. The minimum absolute atomic E-state index is 0.0804. The molecule has 0 radical (unpaired) electrons. The van der Waals surface area contributed by atoms with Crippen LogP contribution in [0.1, 0.15) is 0 Å². The van der Waals surface area contributed by atoms with E-state index in [4.69, 9.17) is 0 Å². The second kappa shape index (κ2) is 6.23. The first-order chi connectivity index (χ1) is 9.49. The summed E-state index contributed by atoms with van der Waals surface area (Å²) < 4.78 is 51.5. The molecule has 2 aromatic rings. The molecule has 7 heteroatoms. The number of hydrogen-bond donors (Lipinski definition) is 1. The van der Waals surface area contributed by atoms with Crippen LogP contribution < -0.4 is 4.72 Å². The lowest BCUT2D eigenvalue weighted by atomic mass is 10.3. The SMILES string of the molecule is O=S(=O)(Nc1ccccc1SC(F)F)c1ccccc1. The molecule has 106 valence electrons. The second-order valence-corrected chi connectivity index (χ2v) is 6.51. The summed E-state index contributed by atoms with van der Waals surface area (Å²) in [6, 6.07) is 13.8. The summed E-state index contributed by atoms with van der Waals surface area (Å²) in [5, 5.41) is 0. The smallest absolute Gasteiger partial charge is 0.278 e. The van der Waals surface area contributed by atoms with Gasteiger partial charge in [-0.25, -0.2) is 8.42 Å². The van der Waals surface area contributed by atoms with Crippen molar-refractivity contribution in [2.75, 3.05) is 4.72 Å². The van der Waals surface area contributed by atoms with E-state index < -0.39 is 15.8 Å². The Kier molecular flexibility index (Phi) is 4.61. The van der Waals surface area contributed by atoms with Crippen LogP contribution in [0.25, 0.3) is 0 Å². The molecule has 0 bridgehead atoms. The first-order valence-electron chi connectivity index (χ1n) is 5.61. The van der Waals surface area contributed by atoms with E-state index in [0.717, 1.165) is 0 Å². The van der Waals surface area contributed by atoms with E-state index in [1.54, 1.807) is 30.3 Å². The van der Waals surface area contributed by atoms with Gasteiger partial charge in [0.1, 0.15) is 0 Å². The molecule has 0 fully saturated rings. The number of anilines is 1. The Morgan fingerprint density at radius 3 is 2.20 bits per heavy atom. The summed E-state index contributed by atoms with van der Waals surface area (Å²) >= 11 is 0.301. The number of rotatable bonds is 5. The molecule has 0 aliphatic carbocycles. The number of para-hydroxylation sites is 1. The summed E-state index contributed by atoms with van der Waals surface area (Å²) in [6.07, 6.45) is 0. The Balaban J connectivity index is 2.31. The zero-order chi connectivity index (χ0) is 14.6. The number of benzene rings is 2. The number of hydrogen-bond acceptors (Lipinski definition) is 3. The fourth-order valence-corrected chi connectivity index (χ4v) is 3.31. The van der Waals surface area contributed by atoms with Gasteiger partial charge in [-0.15, -0.1) is 0 Å². The van der Waals surface area contributed by atoms with Crippen LogP contribution in [-0.2, 0) is 10.0 Å². The predicted octanol–water partition coefficient (Wildman–Crippen LogP) is 3.80. The lowest BCUT2D eigenvalue weighted by Gasteiger charge is -2.11. The number of sulfonamides is 1. The third-order valence-corrected chi connectivity index (χ3v) is 4.57. The van der Waals surface area contributed by atoms with Crippen molar-refractivity contribution in [2.24, 2.45) is 0 Å². The minimum atomic E-state index is -3.78. The van der Waals surface area contributed by atoms with Crippen molar-refractivity contribution in [3.63, 3.8) is 0 Å². The second-order valence-electron chi connectivity index (χ2n) is 3.79. The van der Waals surface area contributed by atoms with Crippen molar-refractivity contribution in [1.29, 1.82) is 0 Å². The average molecular weight is 315 g/mol. The number of alkyl halides is 2. The Labute approximate surface area is 120 Å². The van der Waals surface area contributed by atoms with Gasteiger partial charge in [-0.3, -0.25) is 4.72 Å². The van der Waals surface area contributed by atoms with E-state index in [-0.39, 0.29) is 15.5 Å². The van der Waals surface area contributed by atoms with Gasteiger partial charge < -0.3 is 0 Å². The monoisotopic (exact) mass is 315 g/mol. The number of nitrogens with one attached hydrogen (secondary N) is 1. The molecule has 0 spiro atoms. The quantitative estimate of drug-likeness (QED) is 0.854. The van der Waals surface area contributed by atoms with Crippen LogP contribution in [0.15, 0.2) is 64.4 Å². The van der Waals surface area contributed by atoms with Crippen LogP contribution in [0.2, 0.25) is 0 Å². The van der Waals surface area contributed by atoms with E-state index in [0.29, 0.717) is 11.8 Å². The maximum absolute atomic E-state index is 12.4. The first kappa shape index (κ1) is 14.8. The third kappa shape index (κ3) is 3.71. The highest BCUT2D eigenvalue weighted by atomic mass is 32.2. The van der Waals surface area contributed by atoms with Crippen LogP contribution in [0.5, 0.6) is 0 Å². The van der Waals surface area contributed by atoms with Crippen LogP contribution >= 0.6 is 11.8 Å². The summed E-state index contributed by atoms with van der Waals surface area (Å²) in [7, 11) is -3.78. The van der Waals surface area contributed by atoms with Crippen molar-refractivity contribution in [2.45, 2.75) is 15.5 Å². The summed E-state index contributed by atoms with van der Waals surface area (Å²) in [6.45, 7) is 0. The average Bonchev–Trinajstić information content (AvgIpc) is 2.41. The fourth-order valence-electron chi connectivity index (χ4n) is 1.55. The lowest BCUT2D eigenvalue weighted by Crippen LogP contribution is -2.13. The third-order valence-electron chi connectivity index (χ3n) is 2.40. The van der Waals surface area contributed by atoms with Crippen LogP contribution in [0.3, 0.4) is 0 Å². The van der Waals surface area contributed by atoms with Gasteiger partial charge in [-0.05, 0) is 24.3 Å². The van der Waals surface area contributed by atoms with Gasteiger partial charge in [-0.1, -0.05) is 42.1 Å². The van der Waals surface area contributed by atoms with Gasteiger partial charge in [0.2, 0.25) is 0 Å². The predicted molar refractivity (Wildman–Crippen MR) is 75.6 cm³/mol. The molecule has 0 atom stereocenters. The van der Waals surface area contributed by atoms with Crippen molar-refractivity contribution in [3.05, 3.63) is 54.6 Å². The standard InChI is InChI=1S/C13H11F2NO2S2/c14-13(15)19-12-9-5-4-8-11(12)16-20(17,18)10-6-2-1-3-7-10/h1-9,13,16H. The molecule has 20 heavy (non-hydrogen) atoms. The summed E-state index contributed by atoms with van der Waals surface area (Å²) in [5.74, 6) is -2.61. The zero-order valence-electron chi connectivity index (χ0n) is 10.2. The maximum Gasteiger partial charge on any atom is 0.288 e. The number of thioether (sulfide) groups is 1. The zero-order valence-corrected chi connectivity index (χ0v) is 11.8. The summed E-state index contributed by atoms with van der Waals surface area (Å²) in [4.78, 5) is 0.263. The Morgan fingerprint density at radius 2 is 1.55 bits per heavy atom. The molecular weight excluding hydrogens is 304 g/mol. The van der Waals surface area contributed by atoms with Crippen LogP contribution in [0.4, 0.5) is 14.5 Å². The maximum atomic E-state index is 12.4. The Bertz CT molecular complexity index is 676. The largest absolute Gasteiger partial charge is 0.288 e. The topological polar surface area (TPSA) is 46.2 Å². The molecule has 0 aliphatic heterocycles. The normalized spacial score (nSPS) is 11.6. The fraction of sp³-hybridized carbons (Fsp3) is 0.0769. The molecule has 0 amide bonds. The Hall–Kier alpha value is -1.60. The van der Waals surface area contributed by atoms with Gasteiger partial charge in [0.05, 0.1) is 10.6 Å². The van der Waals surface area contributed by atoms with E-state index in [9.17, 15) is 17.2 Å². The van der Waals surface area contributed by atoms with E-state index in [2.05, 4.69) is 4.72 Å². The first-order valence-corrected chi connectivity index (χ1v) is 7.97. The molecule has 0 saturated carbocycles. The van der Waals surface area contributed by atoms with Crippen molar-refractivity contribution >= 4 is 27.5 Å². The van der Waals surface area contributed by atoms with Gasteiger partial charge in [-0.2, -0.15) is 8.78 Å². The van der Waals surface area contributed by atoms with E-state index in [1.807, 2.05) is 0 Å². The van der Waals surface area contributed by atoms with Crippen molar-refractivity contribution < 1.29 is 17.2 Å². The molecule has 0 saturated heterocycles. The lowest BCUT2D eigenvalue weighted by molar-refractivity contribution is 0.252. The van der Waals surface area contributed by atoms with Crippen molar-refractivity contribution in [3.8, 4) is 0 Å². The molecule has 1 N–H and O–H groups in total. The molecule has 2 rings (SSSR count). The molecule has 3 nitrogen and oxygen atoms in total. The van der Waals surface area contributed by atoms with Gasteiger partial charge in [0.15, 0.2) is 0 Å².